The topological polar surface area (TPSA) is 114 Å². The molecule has 5 atom stereocenters. The van der Waals surface area contributed by atoms with Crippen LogP contribution in [0.4, 0.5) is 0 Å². The van der Waals surface area contributed by atoms with Crippen molar-refractivity contribution in [2.75, 3.05) is 13.1 Å². The van der Waals surface area contributed by atoms with E-state index in [0.29, 0.717) is 0 Å². The third-order valence-electron chi connectivity index (χ3n) is 1.85. The molecule has 1 aliphatic heterocycles. The zero-order chi connectivity index (χ0) is 11.8. The summed E-state index contributed by atoms with van der Waals surface area (Å²) in [5.41, 5.74) is 0. The zero-order valence-corrected chi connectivity index (χ0v) is 6.61. The molecule has 4 N–H and O–H groups in total. The van der Waals surface area contributed by atoms with Gasteiger partial charge in [-0.2, -0.15) is 0 Å². The van der Waals surface area contributed by atoms with E-state index in [0.717, 1.165) is 0 Å². The van der Waals surface area contributed by atoms with E-state index in [4.69, 9.17) is 7.85 Å². The summed E-state index contributed by atoms with van der Waals surface area (Å²) in [6, 6.07) is -2.31. The lowest BCUT2D eigenvalue weighted by molar-refractivity contribution is -0.145. The van der Waals surface area contributed by atoms with Gasteiger partial charge < -0.3 is 20.4 Å². The van der Waals surface area contributed by atoms with Crippen molar-refractivity contribution in [3.63, 3.8) is 0 Å². The minimum Gasteiger partial charge on any atom is -0.394 e. The Balaban J connectivity index is 3.08. The molecule has 0 aromatic carbocycles. The van der Waals surface area contributed by atoms with Crippen LogP contribution in [0.25, 0.3) is 0 Å². The highest BCUT2D eigenvalue weighted by atomic mass is 16.4. The van der Waals surface area contributed by atoms with Crippen LogP contribution in [0.15, 0.2) is 5.29 Å². The molecule has 0 radical (unpaired) electrons. The van der Waals surface area contributed by atoms with E-state index in [1.165, 1.54) is 0 Å². The lowest BCUT2D eigenvalue weighted by Crippen LogP contribution is -2.60. The summed E-state index contributed by atoms with van der Waals surface area (Å²) in [5.74, 6) is 0. The highest BCUT2D eigenvalue weighted by molar-refractivity contribution is 4.92. The summed E-state index contributed by atoms with van der Waals surface area (Å²) in [6.45, 7) is -2.70. The Morgan fingerprint density at radius 1 is 1.54 bits per heavy atom. The Morgan fingerprint density at radius 2 is 2.15 bits per heavy atom. The van der Waals surface area contributed by atoms with Crippen LogP contribution in [-0.2, 0) is 0 Å². The van der Waals surface area contributed by atoms with Crippen LogP contribution in [-0.4, -0.2) is 62.9 Å². The van der Waals surface area contributed by atoms with Gasteiger partial charge in [0.25, 0.3) is 0 Å². The Kier molecular flexibility index (Phi) is 2.33. The summed E-state index contributed by atoms with van der Waals surface area (Å²) < 4.78 is 14.8. The molecule has 1 rings (SSSR count). The Morgan fingerprint density at radius 3 is 2.62 bits per heavy atom. The number of nitroso groups, excluding NO2 is 1. The van der Waals surface area contributed by atoms with Crippen molar-refractivity contribution in [3.05, 3.63) is 4.91 Å². The van der Waals surface area contributed by atoms with Crippen LogP contribution in [0, 0.1) is 4.91 Å². The Bertz CT molecular complexity index is 258. The average Bonchev–Trinajstić information content (AvgIpc) is 2.24. The molecule has 1 aliphatic rings. The van der Waals surface area contributed by atoms with Gasteiger partial charge in [0.15, 0.2) is 0 Å². The molecule has 0 spiro atoms. The lowest BCUT2D eigenvalue weighted by Gasteiger charge is -2.39. The van der Waals surface area contributed by atoms with Crippen molar-refractivity contribution in [2.24, 2.45) is 5.29 Å². The first-order chi connectivity index (χ1) is 6.90. The van der Waals surface area contributed by atoms with Gasteiger partial charge in [0.2, 0.25) is 0 Å². The molecule has 1 saturated heterocycles. The smallest absolute Gasteiger partial charge is 0.110 e. The highest BCUT2D eigenvalue weighted by Crippen LogP contribution is 2.18. The molecular weight excluding hydrogens is 180 g/mol. The Labute approximate surface area is 77.0 Å². The van der Waals surface area contributed by atoms with Gasteiger partial charge in [0.1, 0.15) is 24.3 Å². The molecule has 0 saturated carbocycles. The largest absolute Gasteiger partial charge is 0.394 e. The maximum atomic E-state index is 10.4. The minimum atomic E-state index is -2.31. The van der Waals surface area contributed by atoms with Crippen LogP contribution < -0.4 is 0 Å². The summed E-state index contributed by atoms with van der Waals surface area (Å²) in [7, 11) is 0. The van der Waals surface area contributed by atoms with Crippen molar-refractivity contribution >= 4 is 0 Å². The van der Waals surface area contributed by atoms with Crippen molar-refractivity contribution < 1.29 is 23.2 Å². The molecule has 76 valence electrons. The number of hydrogen-bond donors (Lipinski definition) is 4. The highest BCUT2D eigenvalue weighted by Gasteiger charge is 2.41. The van der Waals surface area contributed by atoms with E-state index in [-0.39, 0.29) is 5.01 Å². The van der Waals surface area contributed by atoms with Gasteiger partial charge in [-0.1, -0.05) is 0 Å². The first-order valence-corrected chi connectivity index (χ1v) is 3.60. The van der Waals surface area contributed by atoms with E-state index in [1.807, 2.05) is 0 Å². The number of nitrogens with zero attached hydrogens (tertiary/aromatic N) is 2. The predicted octanol–water partition coefficient (Wildman–Crippen LogP) is -2.57. The number of aliphatic hydroxyl groups is 4. The molecule has 0 aliphatic carbocycles. The second-order valence-corrected chi connectivity index (χ2v) is 2.65. The number of aliphatic hydroxyl groups excluding tert-OH is 4. The first-order valence-electron chi connectivity index (χ1n) is 4.67. The van der Waals surface area contributed by atoms with Crippen molar-refractivity contribution in [1.29, 1.82) is 0 Å². The second kappa shape index (κ2) is 3.97. The predicted molar refractivity (Wildman–Crippen MR) is 41.4 cm³/mol. The number of rotatable bonds is 2. The molecule has 0 amide bonds. The summed E-state index contributed by atoms with van der Waals surface area (Å²) in [6.07, 6.45) is -5.41. The van der Waals surface area contributed by atoms with Crippen LogP contribution in [0.5, 0.6) is 0 Å². The van der Waals surface area contributed by atoms with Gasteiger partial charge in [0, 0.05) is 0 Å². The van der Waals surface area contributed by atoms with E-state index in [9.17, 15) is 20.2 Å². The summed E-state index contributed by atoms with van der Waals surface area (Å²) >= 11 is 0. The molecule has 7 heteroatoms. The van der Waals surface area contributed by atoms with Gasteiger partial charge in [0.05, 0.1) is 21.2 Å². The number of piperidine rings is 1. The second-order valence-electron chi connectivity index (χ2n) is 2.65. The van der Waals surface area contributed by atoms with Crippen LogP contribution in [0.3, 0.4) is 0 Å². The summed E-state index contributed by atoms with van der Waals surface area (Å²) in [4.78, 5) is 10.4. The van der Waals surface area contributed by atoms with Crippen molar-refractivity contribution in [2.45, 2.75) is 24.3 Å². The number of hydrogen-bond acceptors (Lipinski definition) is 6. The Hall–Kier alpha value is -0.760. The maximum absolute atomic E-state index is 10.4. The van der Waals surface area contributed by atoms with Crippen molar-refractivity contribution in [1.82, 2.24) is 5.01 Å². The van der Waals surface area contributed by atoms with Crippen LogP contribution >= 0.6 is 0 Å². The molecule has 7 nitrogen and oxygen atoms in total. The minimum absolute atomic E-state index is 0.217. The van der Waals surface area contributed by atoms with Crippen LogP contribution in [0.2, 0.25) is 0 Å². The number of β-amino-alcohol motifs (C(OH)–C–C–N with tert-alkyl or cyclic N) is 1. The monoisotopic (exact) mass is 194 g/mol. The molecule has 1 fully saturated rings. The average molecular weight is 194 g/mol. The third-order valence-corrected chi connectivity index (χ3v) is 1.85. The fourth-order valence-electron chi connectivity index (χ4n) is 1.09. The normalized spacial score (nSPS) is 54.0. The fourth-order valence-corrected chi connectivity index (χ4v) is 1.09. The van der Waals surface area contributed by atoms with Gasteiger partial charge in [-0.05, 0) is 0 Å². The summed E-state index contributed by atoms with van der Waals surface area (Å²) in [5, 5.41) is 39.3. The quantitative estimate of drug-likeness (QED) is 0.359. The van der Waals surface area contributed by atoms with E-state index < -0.39 is 37.5 Å². The van der Waals surface area contributed by atoms with E-state index >= 15 is 0 Å². The third kappa shape index (κ3) is 1.78. The van der Waals surface area contributed by atoms with Gasteiger partial charge in [-0.25, -0.2) is 0 Å². The SMILES string of the molecule is [2H]C1[C@H](O)[C@@H](O)[C@H](O)[C@@]([2H])(CO)N1N=O. The molecule has 13 heavy (non-hydrogen) atoms. The van der Waals surface area contributed by atoms with Gasteiger partial charge in [-0.3, -0.25) is 5.01 Å². The van der Waals surface area contributed by atoms with Crippen LogP contribution in [0.1, 0.15) is 2.74 Å². The zero-order valence-electron chi connectivity index (χ0n) is 8.61. The standard InChI is InChI=1S/C6H12N2O5/c9-2-3-5(11)6(12)4(10)1-8(3)7-13/h3-6,9-12H,1-2H2/t3-,4+,5-,6-/m1/s1/i1D,3D/t1?,3-,4+,5-,6-. The molecule has 0 aromatic heterocycles. The molecular formula is C6H12N2O5. The molecule has 1 heterocycles. The van der Waals surface area contributed by atoms with Gasteiger partial charge >= 0.3 is 0 Å². The van der Waals surface area contributed by atoms with Gasteiger partial charge in [-0.15, -0.1) is 4.91 Å². The van der Waals surface area contributed by atoms with E-state index in [2.05, 4.69) is 5.29 Å². The van der Waals surface area contributed by atoms with E-state index in [1.54, 1.807) is 0 Å². The molecule has 1 unspecified atom stereocenters. The lowest BCUT2D eigenvalue weighted by atomic mass is 9.96. The molecule has 0 bridgehead atoms. The van der Waals surface area contributed by atoms with Crippen molar-refractivity contribution in [3.8, 4) is 0 Å². The molecule has 0 aromatic rings. The maximum Gasteiger partial charge on any atom is 0.110 e. The first kappa shape index (κ1) is 7.63. The fraction of sp³-hybridized carbons (Fsp3) is 1.00.